The highest BCUT2D eigenvalue weighted by atomic mass is 32.1. The van der Waals surface area contributed by atoms with Gasteiger partial charge in [0.2, 0.25) is 0 Å². The lowest BCUT2D eigenvalue weighted by Crippen LogP contribution is -1.83. The number of hydrogen-bond acceptors (Lipinski definition) is 3. The Morgan fingerprint density at radius 2 is 2.12 bits per heavy atom. The van der Waals surface area contributed by atoms with Crippen LogP contribution in [0.1, 0.15) is 10.4 Å². The molecule has 0 spiro atoms. The number of ether oxygens (including phenoxy) is 1. The topological polar surface area (TPSA) is 29.5 Å². The Labute approximate surface area is 98.4 Å². The van der Waals surface area contributed by atoms with Gasteiger partial charge in [0.15, 0.2) is 11.5 Å². The van der Waals surface area contributed by atoms with Crippen LogP contribution in [0.3, 0.4) is 0 Å². The minimum Gasteiger partial charge on any atom is -0.504 e. The van der Waals surface area contributed by atoms with Gasteiger partial charge in [-0.1, -0.05) is 18.2 Å². The lowest BCUT2D eigenvalue weighted by Gasteiger charge is -2.03. The van der Waals surface area contributed by atoms with Crippen LogP contribution in [0.5, 0.6) is 11.5 Å². The third kappa shape index (κ3) is 2.44. The summed E-state index contributed by atoms with van der Waals surface area (Å²) in [5.41, 5.74) is 1.00. The molecule has 82 valence electrons. The van der Waals surface area contributed by atoms with E-state index in [1.165, 1.54) is 4.88 Å². The monoisotopic (exact) mass is 232 g/mol. The number of hydrogen-bond donors (Lipinski definition) is 1. The normalized spacial score (nSPS) is 10.8. The van der Waals surface area contributed by atoms with Gasteiger partial charge in [0, 0.05) is 4.88 Å². The number of benzene rings is 1. The van der Waals surface area contributed by atoms with Gasteiger partial charge >= 0.3 is 0 Å². The van der Waals surface area contributed by atoms with Crippen LogP contribution in [0, 0.1) is 0 Å². The molecule has 1 aromatic heterocycles. The minimum absolute atomic E-state index is 0.163. The smallest absolute Gasteiger partial charge is 0.161 e. The second-order valence-electron chi connectivity index (χ2n) is 3.28. The first-order valence-corrected chi connectivity index (χ1v) is 5.76. The Balaban J connectivity index is 2.22. The van der Waals surface area contributed by atoms with Crippen LogP contribution in [-0.4, -0.2) is 12.2 Å². The predicted octanol–water partition coefficient (Wildman–Crippen LogP) is 3.63. The van der Waals surface area contributed by atoms with Crippen LogP contribution in [0.25, 0.3) is 12.2 Å². The van der Waals surface area contributed by atoms with Crippen molar-refractivity contribution in [1.29, 1.82) is 0 Å². The van der Waals surface area contributed by atoms with E-state index in [0.717, 1.165) is 5.56 Å². The molecular weight excluding hydrogens is 220 g/mol. The van der Waals surface area contributed by atoms with Crippen molar-refractivity contribution in [2.75, 3.05) is 7.11 Å². The van der Waals surface area contributed by atoms with Gasteiger partial charge in [-0.25, -0.2) is 0 Å². The van der Waals surface area contributed by atoms with Crippen molar-refractivity contribution < 1.29 is 9.84 Å². The molecule has 0 amide bonds. The molecule has 0 aliphatic rings. The molecule has 2 rings (SSSR count). The van der Waals surface area contributed by atoms with E-state index >= 15 is 0 Å². The molecule has 3 heteroatoms. The standard InChI is InChI=1S/C13H12O2S/c1-15-13-9-10(5-7-12(13)14)4-6-11-3-2-8-16-11/h2-9,14H,1H3. The first-order valence-electron chi connectivity index (χ1n) is 4.88. The van der Waals surface area contributed by atoms with Crippen LogP contribution in [0.15, 0.2) is 35.7 Å². The van der Waals surface area contributed by atoms with Crippen molar-refractivity contribution in [2.24, 2.45) is 0 Å². The molecule has 1 N–H and O–H groups in total. The number of aromatic hydroxyl groups is 1. The number of phenolic OH excluding ortho intramolecular Hbond substituents is 1. The van der Waals surface area contributed by atoms with E-state index in [1.54, 1.807) is 30.6 Å². The molecule has 0 fully saturated rings. The summed E-state index contributed by atoms with van der Waals surface area (Å²) >= 11 is 1.69. The summed E-state index contributed by atoms with van der Waals surface area (Å²) in [7, 11) is 1.54. The SMILES string of the molecule is COc1cc(C=Cc2cccs2)ccc1O. The van der Waals surface area contributed by atoms with E-state index in [1.807, 2.05) is 29.7 Å². The van der Waals surface area contributed by atoms with Gasteiger partial charge < -0.3 is 9.84 Å². The number of methoxy groups -OCH3 is 1. The molecule has 2 aromatic rings. The molecule has 0 saturated heterocycles. The zero-order valence-corrected chi connectivity index (χ0v) is 9.70. The molecule has 0 unspecified atom stereocenters. The Bertz CT molecular complexity index is 487. The van der Waals surface area contributed by atoms with Crippen LogP contribution in [0.4, 0.5) is 0 Å². The molecule has 16 heavy (non-hydrogen) atoms. The number of phenols is 1. The fourth-order valence-electron chi connectivity index (χ4n) is 1.36. The van der Waals surface area contributed by atoms with E-state index < -0.39 is 0 Å². The fourth-order valence-corrected chi connectivity index (χ4v) is 1.98. The molecule has 1 heterocycles. The van der Waals surface area contributed by atoms with E-state index in [2.05, 4.69) is 6.07 Å². The summed E-state index contributed by atoms with van der Waals surface area (Å²) in [6.45, 7) is 0. The highest BCUT2D eigenvalue weighted by molar-refractivity contribution is 7.10. The minimum atomic E-state index is 0.163. The molecule has 0 radical (unpaired) electrons. The van der Waals surface area contributed by atoms with Crippen LogP contribution in [0.2, 0.25) is 0 Å². The third-order valence-electron chi connectivity index (χ3n) is 2.19. The average molecular weight is 232 g/mol. The van der Waals surface area contributed by atoms with Gasteiger partial charge in [-0.15, -0.1) is 11.3 Å². The van der Waals surface area contributed by atoms with Gasteiger partial charge in [-0.3, -0.25) is 0 Å². The van der Waals surface area contributed by atoms with Gasteiger partial charge in [-0.2, -0.15) is 0 Å². The first-order chi connectivity index (χ1) is 7.79. The van der Waals surface area contributed by atoms with Crippen molar-refractivity contribution in [3.63, 3.8) is 0 Å². The molecule has 1 aromatic carbocycles. The molecule has 0 saturated carbocycles. The lowest BCUT2D eigenvalue weighted by molar-refractivity contribution is 0.373. The highest BCUT2D eigenvalue weighted by Crippen LogP contribution is 2.27. The zero-order valence-electron chi connectivity index (χ0n) is 8.88. The third-order valence-corrected chi connectivity index (χ3v) is 3.02. The Kier molecular flexibility index (Phi) is 3.27. The molecule has 2 nitrogen and oxygen atoms in total. The van der Waals surface area contributed by atoms with Crippen LogP contribution < -0.4 is 4.74 Å². The fraction of sp³-hybridized carbons (Fsp3) is 0.0769. The number of rotatable bonds is 3. The van der Waals surface area contributed by atoms with Gasteiger partial charge in [0.1, 0.15) is 0 Å². The first kappa shape index (κ1) is 10.8. The molecular formula is C13H12O2S. The van der Waals surface area contributed by atoms with Crippen molar-refractivity contribution in [3.8, 4) is 11.5 Å². The summed E-state index contributed by atoms with van der Waals surface area (Å²) in [5.74, 6) is 0.657. The quantitative estimate of drug-likeness (QED) is 0.875. The molecule has 0 aliphatic heterocycles. The molecule has 0 aliphatic carbocycles. The van der Waals surface area contributed by atoms with Crippen LogP contribution >= 0.6 is 11.3 Å². The van der Waals surface area contributed by atoms with E-state index in [0.29, 0.717) is 5.75 Å². The second-order valence-corrected chi connectivity index (χ2v) is 4.26. The summed E-state index contributed by atoms with van der Waals surface area (Å²) in [4.78, 5) is 1.20. The largest absolute Gasteiger partial charge is 0.504 e. The van der Waals surface area contributed by atoms with E-state index in [9.17, 15) is 5.11 Å². The van der Waals surface area contributed by atoms with Crippen molar-refractivity contribution in [3.05, 3.63) is 46.2 Å². The Hall–Kier alpha value is -1.74. The Morgan fingerprint density at radius 3 is 2.81 bits per heavy atom. The van der Waals surface area contributed by atoms with Crippen molar-refractivity contribution in [2.45, 2.75) is 0 Å². The summed E-state index contributed by atoms with van der Waals surface area (Å²) in [5, 5.41) is 11.5. The maximum atomic E-state index is 9.44. The summed E-state index contributed by atoms with van der Waals surface area (Å²) < 4.78 is 5.04. The van der Waals surface area contributed by atoms with E-state index in [4.69, 9.17) is 4.74 Å². The maximum absolute atomic E-state index is 9.44. The lowest BCUT2D eigenvalue weighted by atomic mass is 10.2. The van der Waals surface area contributed by atoms with Gasteiger partial charge in [0.05, 0.1) is 7.11 Å². The molecule has 0 atom stereocenters. The summed E-state index contributed by atoms with van der Waals surface area (Å²) in [6.07, 6.45) is 4.03. The maximum Gasteiger partial charge on any atom is 0.161 e. The molecule has 0 bridgehead atoms. The highest BCUT2D eigenvalue weighted by Gasteiger charge is 2.00. The average Bonchev–Trinajstić information content (AvgIpc) is 2.81. The Morgan fingerprint density at radius 1 is 1.25 bits per heavy atom. The van der Waals surface area contributed by atoms with Crippen molar-refractivity contribution in [1.82, 2.24) is 0 Å². The summed E-state index contributed by atoms with van der Waals surface area (Å²) in [6, 6.07) is 9.36. The number of thiophene rings is 1. The van der Waals surface area contributed by atoms with Gasteiger partial charge in [0.25, 0.3) is 0 Å². The zero-order chi connectivity index (χ0) is 11.4. The van der Waals surface area contributed by atoms with Crippen molar-refractivity contribution >= 4 is 23.5 Å². The van der Waals surface area contributed by atoms with Gasteiger partial charge in [-0.05, 0) is 35.2 Å². The van der Waals surface area contributed by atoms with Crippen LogP contribution in [-0.2, 0) is 0 Å². The van der Waals surface area contributed by atoms with E-state index in [-0.39, 0.29) is 5.75 Å². The predicted molar refractivity (Wildman–Crippen MR) is 67.9 cm³/mol. The second kappa shape index (κ2) is 4.86.